The Kier molecular flexibility index (Phi) is 3.98. The Hall–Kier alpha value is -1.40. The highest BCUT2D eigenvalue weighted by Gasteiger charge is 2.27. The van der Waals surface area contributed by atoms with Gasteiger partial charge in [-0.2, -0.15) is 0 Å². The average Bonchev–Trinajstić information content (AvgIpc) is 2.97. The SMILES string of the molecule is COC(=O)c1sccc1NC(=O)C1CCN(C)C1. The molecule has 2 rings (SSSR count). The summed E-state index contributed by atoms with van der Waals surface area (Å²) in [5.74, 6) is -0.438. The van der Waals surface area contributed by atoms with Gasteiger partial charge in [0.25, 0.3) is 0 Å². The van der Waals surface area contributed by atoms with Crippen molar-refractivity contribution in [2.75, 3.05) is 32.6 Å². The average molecular weight is 268 g/mol. The van der Waals surface area contributed by atoms with Crippen LogP contribution in [0.3, 0.4) is 0 Å². The van der Waals surface area contributed by atoms with Crippen LogP contribution in [0.5, 0.6) is 0 Å². The monoisotopic (exact) mass is 268 g/mol. The van der Waals surface area contributed by atoms with Gasteiger partial charge in [0.2, 0.25) is 5.91 Å². The topological polar surface area (TPSA) is 58.6 Å². The van der Waals surface area contributed by atoms with Crippen LogP contribution in [0.25, 0.3) is 0 Å². The summed E-state index contributed by atoms with van der Waals surface area (Å²) in [5, 5.41) is 4.58. The Morgan fingerprint density at radius 3 is 2.94 bits per heavy atom. The maximum absolute atomic E-state index is 12.0. The fraction of sp³-hybridized carbons (Fsp3) is 0.500. The number of amides is 1. The number of carbonyl (C=O) groups is 2. The van der Waals surface area contributed by atoms with Crippen molar-refractivity contribution in [2.45, 2.75) is 6.42 Å². The molecule has 5 nitrogen and oxygen atoms in total. The summed E-state index contributed by atoms with van der Waals surface area (Å²) in [7, 11) is 3.33. The van der Waals surface area contributed by atoms with E-state index in [4.69, 9.17) is 0 Å². The normalized spacial score (nSPS) is 19.8. The van der Waals surface area contributed by atoms with Crippen molar-refractivity contribution in [1.29, 1.82) is 0 Å². The van der Waals surface area contributed by atoms with E-state index < -0.39 is 5.97 Å². The Morgan fingerprint density at radius 2 is 2.33 bits per heavy atom. The summed E-state index contributed by atoms with van der Waals surface area (Å²) in [6.07, 6.45) is 0.861. The molecule has 0 bridgehead atoms. The van der Waals surface area contributed by atoms with Crippen LogP contribution in [0.2, 0.25) is 0 Å². The molecule has 2 heterocycles. The van der Waals surface area contributed by atoms with E-state index in [2.05, 4.69) is 15.0 Å². The van der Waals surface area contributed by atoms with Crippen LogP contribution in [-0.4, -0.2) is 44.0 Å². The van der Waals surface area contributed by atoms with Crippen molar-refractivity contribution in [2.24, 2.45) is 5.92 Å². The van der Waals surface area contributed by atoms with Crippen LogP contribution in [0.15, 0.2) is 11.4 Å². The molecule has 1 unspecified atom stereocenters. The van der Waals surface area contributed by atoms with Gasteiger partial charge in [-0.1, -0.05) is 0 Å². The largest absolute Gasteiger partial charge is 0.465 e. The molecule has 0 spiro atoms. The molecule has 1 N–H and O–H groups in total. The highest BCUT2D eigenvalue weighted by atomic mass is 32.1. The first-order valence-corrected chi connectivity index (χ1v) is 6.65. The molecule has 0 aliphatic carbocycles. The summed E-state index contributed by atoms with van der Waals surface area (Å²) in [5.41, 5.74) is 0.548. The minimum atomic E-state index is -0.413. The van der Waals surface area contributed by atoms with Gasteiger partial charge in [-0.05, 0) is 31.5 Å². The summed E-state index contributed by atoms with van der Waals surface area (Å²) < 4.78 is 4.67. The fourth-order valence-corrected chi connectivity index (χ4v) is 2.81. The first kappa shape index (κ1) is 13.0. The van der Waals surface area contributed by atoms with Crippen LogP contribution in [0, 0.1) is 5.92 Å². The number of thiophene rings is 1. The van der Waals surface area contributed by atoms with Gasteiger partial charge in [-0.3, -0.25) is 4.79 Å². The van der Waals surface area contributed by atoms with E-state index in [0.29, 0.717) is 10.6 Å². The maximum Gasteiger partial charge on any atom is 0.350 e. The lowest BCUT2D eigenvalue weighted by molar-refractivity contribution is -0.119. The Morgan fingerprint density at radius 1 is 1.56 bits per heavy atom. The van der Waals surface area contributed by atoms with Crippen molar-refractivity contribution >= 4 is 28.9 Å². The van der Waals surface area contributed by atoms with Crippen LogP contribution in [0.4, 0.5) is 5.69 Å². The molecule has 1 aromatic rings. The second-order valence-electron chi connectivity index (χ2n) is 4.39. The predicted octanol–water partition coefficient (Wildman–Crippen LogP) is 1.42. The van der Waals surface area contributed by atoms with Gasteiger partial charge >= 0.3 is 5.97 Å². The Labute approximate surface area is 110 Å². The molecule has 1 aliphatic rings. The first-order chi connectivity index (χ1) is 8.61. The third kappa shape index (κ3) is 2.70. The molecule has 1 amide bonds. The number of carbonyl (C=O) groups excluding carboxylic acids is 2. The third-order valence-corrected chi connectivity index (χ3v) is 3.95. The first-order valence-electron chi connectivity index (χ1n) is 5.77. The van der Waals surface area contributed by atoms with E-state index in [-0.39, 0.29) is 11.8 Å². The number of nitrogens with one attached hydrogen (secondary N) is 1. The molecular formula is C12H16N2O3S. The number of ether oxygens (including phenoxy) is 1. The highest BCUT2D eigenvalue weighted by molar-refractivity contribution is 7.12. The molecule has 0 saturated carbocycles. The van der Waals surface area contributed by atoms with Gasteiger partial charge in [0.1, 0.15) is 4.88 Å². The maximum atomic E-state index is 12.0. The minimum absolute atomic E-state index is 0.000368. The summed E-state index contributed by atoms with van der Waals surface area (Å²) in [6.45, 7) is 1.70. The van der Waals surface area contributed by atoms with Crippen molar-refractivity contribution in [1.82, 2.24) is 4.90 Å². The van der Waals surface area contributed by atoms with E-state index in [1.165, 1.54) is 18.4 Å². The van der Waals surface area contributed by atoms with Crippen molar-refractivity contribution in [3.05, 3.63) is 16.3 Å². The summed E-state index contributed by atoms with van der Waals surface area (Å²) in [6, 6.07) is 1.73. The van der Waals surface area contributed by atoms with Gasteiger partial charge in [0.05, 0.1) is 18.7 Å². The van der Waals surface area contributed by atoms with E-state index in [1.54, 1.807) is 11.4 Å². The number of hydrogen-bond acceptors (Lipinski definition) is 5. The quantitative estimate of drug-likeness (QED) is 0.842. The molecule has 18 heavy (non-hydrogen) atoms. The van der Waals surface area contributed by atoms with Gasteiger partial charge in [-0.25, -0.2) is 4.79 Å². The second kappa shape index (κ2) is 5.49. The standard InChI is InChI=1S/C12H16N2O3S/c1-14-5-3-8(7-14)11(15)13-9-4-6-18-10(9)12(16)17-2/h4,6,8H,3,5,7H2,1-2H3,(H,13,15). The summed E-state index contributed by atoms with van der Waals surface area (Å²) >= 11 is 1.27. The van der Waals surface area contributed by atoms with Crippen LogP contribution in [0.1, 0.15) is 16.1 Å². The number of esters is 1. The zero-order valence-corrected chi connectivity index (χ0v) is 11.3. The molecular weight excluding hydrogens is 252 g/mol. The fourth-order valence-electron chi connectivity index (χ4n) is 2.04. The Bertz CT molecular complexity index is 458. The zero-order chi connectivity index (χ0) is 13.1. The lowest BCUT2D eigenvalue weighted by Gasteiger charge is -2.11. The van der Waals surface area contributed by atoms with Gasteiger partial charge < -0.3 is 15.0 Å². The molecule has 1 atom stereocenters. The smallest absolute Gasteiger partial charge is 0.350 e. The lowest BCUT2D eigenvalue weighted by Crippen LogP contribution is -2.25. The number of rotatable bonds is 3. The molecule has 6 heteroatoms. The lowest BCUT2D eigenvalue weighted by atomic mass is 10.1. The van der Waals surface area contributed by atoms with Gasteiger partial charge in [0.15, 0.2) is 0 Å². The van der Waals surface area contributed by atoms with Crippen molar-refractivity contribution in [3.8, 4) is 0 Å². The number of hydrogen-bond donors (Lipinski definition) is 1. The van der Waals surface area contributed by atoms with Crippen LogP contribution in [-0.2, 0) is 9.53 Å². The molecule has 1 fully saturated rings. The van der Waals surface area contributed by atoms with E-state index in [0.717, 1.165) is 19.5 Å². The Balaban J connectivity index is 2.03. The molecule has 98 valence electrons. The van der Waals surface area contributed by atoms with Crippen LogP contribution >= 0.6 is 11.3 Å². The number of nitrogens with zero attached hydrogens (tertiary/aromatic N) is 1. The van der Waals surface area contributed by atoms with Crippen molar-refractivity contribution in [3.63, 3.8) is 0 Å². The van der Waals surface area contributed by atoms with Gasteiger partial charge in [0, 0.05) is 6.54 Å². The third-order valence-electron chi connectivity index (χ3n) is 3.06. The molecule has 0 radical (unpaired) electrons. The predicted molar refractivity (Wildman–Crippen MR) is 69.9 cm³/mol. The molecule has 1 saturated heterocycles. The highest BCUT2D eigenvalue weighted by Crippen LogP contribution is 2.25. The van der Waals surface area contributed by atoms with Gasteiger partial charge in [-0.15, -0.1) is 11.3 Å². The number of methoxy groups -OCH3 is 1. The number of likely N-dealkylation sites (tertiary alicyclic amines) is 1. The number of anilines is 1. The van der Waals surface area contributed by atoms with E-state index in [1.807, 2.05) is 7.05 Å². The minimum Gasteiger partial charge on any atom is -0.465 e. The molecule has 1 aromatic heterocycles. The second-order valence-corrected chi connectivity index (χ2v) is 5.31. The molecule has 0 aromatic carbocycles. The van der Waals surface area contributed by atoms with Crippen LogP contribution < -0.4 is 5.32 Å². The van der Waals surface area contributed by atoms with E-state index in [9.17, 15) is 9.59 Å². The van der Waals surface area contributed by atoms with Crippen molar-refractivity contribution < 1.29 is 14.3 Å². The molecule has 1 aliphatic heterocycles. The summed E-state index contributed by atoms with van der Waals surface area (Å²) in [4.78, 5) is 26.1. The van der Waals surface area contributed by atoms with E-state index >= 15 is 0 Å². The zero-order valence-electron chi connectivity index (χ0n) is 10.4.